The van der Waals surface area contributed by atoms with E-state index in [4.69, 9.17) is 4.74 Å². The van der Waals surface area contributed by atoms with Gasteiger partial charge in [0.1, 0.15) is 0 Å². The van der Waals surface area contributed by atoms with Gasteiger partial charge in [0.15, 0.2) is 0 Å². The smallest absolute Gasteiger partial charge is 0.246 e. The summed E-state index contributed by atoms with van der Waals surface area (Å²) in [7, 11) is 1.81. The SMILES string of the molecule is CO[C@@H]1CCC[C@]12CCCN(C(=O)C=Cc1ccccc1)C2. The lowest BCUT2D eigenvalue weighted by Gasteiger charge is -2.43. The molecular formula is C19H25NO2. The molecule has 118 valence electrons. The Kier molecular flexibility index (Phi) is 4.63. The van der Waals surface area contributed by atoms with Crippen LogP contribution in [0.3, 0.4) is 0 Å². The second-order valence-corrected chi connectivity index (χ2v) is 6.59. The summed E-state index contributed by atoms with van der Waals surface area (Å²) in [6.07, 6.45) is 9.78. The first-order chi connectivity index (χ1) is 10.7. The number of amides is 1. The van der Waals surface area contributed by atoms with Gasteiger partial charge < -0.3 is 9.64 Å². The van der Waals surface area contributed by atoms with E-state index in [0.717, 1.165) is 31.5 Å². The Hall–Kier alpha value is -1.61. The zero-order valence-corrected chi connectivity index (χ0v) is 13.3. The highest BCUT2D eigenvalue weighted by Gasteiger charge is 2.46. The van der Waals surface area contributed by atoms with E-state index in [2.05, 4.69) is 0 Å². The van der Waals surface area contributed by atoms with Crippen molar-refractivity contribution in [2.75, 3.05) is 20.2 Å². The highest BCUT2D eigenvalue weighted by molar-refractivity contribution is 5.91. The Morgan fingerprint density at radius 1 is 1.27 bits per heavy atom. The molecule has 3 heteroatoms. The normalized spacial score (nSPS) is 28.6. The molecule has 0 aromatic heterocycles. The van der Waals surface area contributed by atoms with E-state index in [1.165, 1.54) is 19.3 Å². The number of piperidine rings is 1. The lowest BCUT2D eigenvalue weighted by atomic mass is 9.76. The van der Waals surface area contributed by atoms with Gasteiger partial charge in [-0.25, -0.2) is 0 Å². The Labute approximate surface area is 133 Å². The molecule has 1 saturated carbocycles. The molecule has 1 aromatic rings. The maximum absolute atomic E-state index is 12.5. The van der Waals surface area contributed by atoms with Gasteiger partial charge in [0.05, 0.1) is 6.10 Å². The van der Waals surface area contributed by atoms with Crippen molar-refractivity contribution in [3.8, 4) is 0 Å². The van der Waals surface area contributed by atoms with E-state index in [0.29, 0.717) is 6.10 Å². The summed E-state index contributed by atoms with van der Waals surface area (Å²) in [6.45, 7) is 1.72. The molecule has 0 bridgehead atoms. The van der Waals surface area contributed by atoms with Crippen LogP contribution in [0, 0.1) is 5.41 Å². The quantitative estimate of drug-likeness (QED) is 0.799. The second kappa shape index (κ2) is 6.66. The molecule has 2 atom stereocenters. The Bertz CT molecular complexity index is 540. The average Bonchev–Trinajstić information content (AvgIpc) is 2.95. The first kappa shape index (κ1) is 15.3. The standard InChI is InChI=1S/C19H25NO2/c1-22-17-9-5-12-19(17)13-6-14-20(15-19)18(21)11-10-16-7-3-2-4-8-16/h2-4,7-8,10-11,17H,5-6,9,12-15H2,1H3/t17-,19-/m1/s1. The van der Waals surface area contributed by atoms with E-state index in [-0.39, 0.29) is 11.3 Å². The van der Waals surface area contributed by atoms with Crippen molar-refractivity contribution in [1.82, 2.24) is 4.90 Å². The Morgan fingerprint density at radius 3 is 2.82 bits per heavy atom. The third kappa shape index (κ3) is 3.09. The summed E-state index contributed by atoms with van der Waals surface area (Å²) < 4.78 is 5.71. The van der Waals surface area contributed by atoms with Gasteiger partial charge in [0.2, 0.25) is 5.91 Å². The number of methoxy groups -OCH3 is 1. The monoisotopic (exact) mass is 299 g/mol. The molecule has 1 saturated heterocycles. The number of hydrogen-bond donors (Lipinski definition) is 0. The summed E-state index contributed by atoms with van der Waals surface area (Å²) >= 11 is 0. The predicted molar refractivity (Wildman–Crippen MR) is 88.4 cm³/mol. The molecule has 0 unspecified atom stereocenters. The molecule has 22 heavy (non-hydrogen) atoms. The lowest BCUT2D eigenvalue weighted by Crippen LogP contribution is -2.49. The highest BCUT2D eigenvalue weighted by atomic mass is 16.5. The second-order valence-electron chi connectivity index (χ2n) is 6.59. The van der Waals surface area contributed by atoms with Gasteiger partial charge in [-0.15, -0.1) is 0 Å². The zero-order chi connectivity index (χ0) is 15.4. The molecule has 2 aliphatic rings. The number of carbonyl (C=O) groups is 1. The fourth-order valence-corrected chi connectivity index (χ4v) is 4.13. The fraction of sp³-hybridized carbons (Fsp3) is 0.526. The van der Waals surface area contributed by atoms with Crippen molar-refractivity contribution < 1.29 is 9.53 Å². The van der Waals surface area contributed by atoms with E-state index in [1.54, 1.807) is 6.08 Å². The molecule has 3 nitrogen and oxygen atoms in total. The number of nitrogens with zero attached hydrogens (tertiary/aromatic N) is 1. The number of ether oxygens (including phenoxy) is 1. The van der Waals surface area contributed by atoms with Gasteiger partial charge in [-0.3, -0.25) is 4.79 Å². The first-order valence-electron chi connectivity index (χ1n) is 8.28. The number of benzene rings is 1. The highest BCUT2D eigenvalue weighted by Crippen LogP contribution is 2.46. The van der Waals surface area contributed by atoms with E-state index in [1.807, 2.05) is 48.4 Å². The van der Waals surface area contributed by atoms with Crippen LogP contribution in [0.1, 0.15) is 37.7 Å². The molecule has 1 amide bonds. The van der Waals surface area contributed by atoms with Crippen LogP contribution in [0.4, 0.5) is 0 Å². The number of likely N-dealkylation sites (tertiary alicyclic amines) is 1. The molecule has 1 aliphatic carbocycles. The largest absolute Gasteiger partial charge is 0.381 e. The molecule has 0 radical (unpaired) electrons. The van der Waals surface area contributed by atoms with Crippen molar-refractivity contribution >= 4 is 12.0 Å². The minimum Gasteiger partial charge on any atom is -0.381 e. The minimum absolute atomic E-state index is 0.129. The molecule has 1 heterocycles. The van der Waals surface area contributed by atoms with Gasteiger partial charge in [-0.05, 0) is 37.3 Å². The molecule has 1 aliphatic heterocycles. The van der Waals surface area contributed by atoms with Gasteiger partial charge in [-0.2, -0.15) is 0 Å². The third-order valence-electron chi connectivity index (χ3n) is 5.25. The zero-order valence-electron chi connectivity index (χ0n) is 13.3. The third-order valence-corrected chi connectivity index (χ3v) is 5.25. The van der Waals surface area contributed by atoms with Crippen LogP contribution in [-0.4, -0.2) is 37.1 Å². The molecule has 0 N–H and O–H groups in total. The Balaban J connectivity index is 1.67. The van der Waals surface area contributed by atoms with Gasteiger partial charge in [0.25, 0.3) is 0 Å². The predicted octanol–water partition coefficient (Wildman–Crippen LogP) is 3.51. The van der Waals surface area contributed by atoms with Crippen LogP contribution in [0.15, 0.2) is 36.4 Å². The van der Waals surface area contributed by atoms with Crippen LogP contribution in [0.25, 0.3) is 6.08 Å². The number of carbonyl (C=O) groups excluding carboxylic acids is 1. The van der Waals surface area contributed by atoms with Crippen molar-refractivity contribution in [3.63, 3.8) is 0 Å². The molecule has 1 aromatic carbocycles. The maximum atomic E-state index is 12.5. The molecule has 3 rings (SSSR count). The van der Waals surface area contributed by atoms with Crippen LogP contribution < -0.4 is 0 Å². The van der Waals surface area contributed by atoms with Crippen LogP contribution in [0.5, 0.6) is 0 Å². The average molecular weight is 299 g/mol. The van der Waals surface area contributed by atoms with E-state index < -0.39 is 0 Å². The first-order valence-corrected chi connectivity index (χ1v) is 8.28. The molecule has 1 spiro atoms. The number of hydrogen-bond acceptors (Lipinski definition) is 2. The van der Waals surface area contributed by atoms with E-state index in [9.17, 15) is 4.79 Å². The summed E-state index contributed by atoms with van der Waals surface area (Å²) in [5.74, 6) is 0.129. The van der Waals surface area contributed by atoms with Gasteiger partial charge in [0, 0.05) is 31.7 Å². The number of rotatable bonds is 3. The topological polar surface area (TPSA) is 29.5 Å². The minimum atomic E-state index is 0.129. The van der Waals surface area contributed by atoms with Crippen LogP contribution in [-0.2, 0) is 9.53 Å². The summed E-state index contributed by atoms with van der Waals surface area (Å²) in [6, 6.07) is 9.99. The summed E-state index contributed by atoms with van der Waals surface area (Å²) in [5, 5.41) is 0. The van der Waals surface area contributed by atoms with Crippen molar-refractivity contribution in [2.45, 2.75) is 38.2 Å². The van der Waals surface area contributed by atoms with Crippen molar-refractivity contribution in [2.24, 2.45) is 5.41 Å². The summed E-state index contributed by atoms with van der Waals surface area (Å²) in [4.78, 5) is 14.5. The fourth-order valence-electron chi connectivity index (χ4n) is 4.13. The van der Waals surface area contributed by atoms with Crippen LogP contribution >= 0.6 is 0 Å². The lowest BCUT2D eigenvalue weighted by molar-refractivity contribution is -0.132. The molecular weight excluding hydrogens is 274 g/mol. The molecule has 2 fully saturated rings. The van der Waals surface area contributed by atoms with E-state index >= 15 is 0 Å². The van der Waals surface area contributed by atoms with Crippen molar-refractivity contribution in [3.05, 3.63) is 42.0 Å². The maximum Gasteiger partial charge on any atom is 0.246 e. The van der Waals surface area contributed by atoms with Gasteiger partial charge >= 0.3 is 0 Å². The van der Waals surface area contributed by atoms with Gasteiger partial charge in [-0.1, -0.05) is 36.8 Å². The van der Waals surface area contributed by atoms with Crippen LogP contribution in [0.2, 0.25) is 0 Å². The van der Waals surface area contributed by atoms with Crippen molar-refractivity contribution in [1.29, 1.82) is 0 Å². The Morgan fingerprint density at radius 2 is 2.05 bits per heavy atom. The summed E-state index contributed by atoms with van der Waals surface area (Å²) in [5.41, 5.74) is 1.27.